The van der Waals surface area contributed by atoms with E-state index in [0.717, 1.165) is 89.9 Å². The minimum Gasteiger partial charge on any atom is -0.462 e. The number of hydrogen-bond donors (Lipinski definition) is 0. The molecule has 0 aliphatic carbocycles. The highest BCUT2D eigenvalue weighted by atomic mass is 16.6. The van der Waals surface area contributed by atoms with Crippen LogP contribution < -0.4 is 0 Å². The lowest BCUT2D eigenvalue weighted by molar-refractivity contribution is -0.167. The number of ether oxygens (including phenoxy) is 3. The van der Waals surface area contributed by atoms with Crippen LogP contribution in [0.2, 0.25) is 0 Å². The number of hydrogen-bond acceptors (Lipinski definition) is 6. The molecule has 1 atom stereocenters. The van der Waals surface area contributed by atoms with E-state index < -0.39 is 6.10 Å². The Morgan fingerprint density at radius 3 is 0.766 bits per heavy atom. The van der Waals surface area contributed by atoms with Crippen molar-refractivity contribution in [3.63, 3.8) is 0 Å². The summed E-state index contributed by atoms with van der Waals surface area (Å²) < 4.78 is 16.9. The second-order valence-corrected chi connectivity index (χ2v) is 22.4. The zero-order chi connectivity index (χ0) is 55.7. The maximum atomic E-state index is 12.9. The first-order valence-corrected chi connectivity index (χ1v) is 33.4. The molecule has 446 valence electrons. The zero-order valence-corrected chi connectivity index (χ0v) is 51.2. The standard InChI is InChI=1S/C71H126O6/c1-4-7-10-13-16-19-22-25-28-31-34-35-38-41-44-47-50-53-56-59-62-65-71(74)77-68(66-75-69(72)63-60-57-54-51-48-45-42-39-36-32-29-26-23-20-17-14-11-8-5-2)67-76-70(73)64-61-58-55-52-49-46-43-40-37-33-30-27-24-21-18-15-12-9-6-3/h17-18,20-21,26-27,29-30,36,39,45,48,68H,4-16,19,22-25,28,31-35,37-38,40-44,46-47,49-67H2,1-3H3/b20-17-,21-18-,29-26-,30-27-,39-36-,48-45-/t68-/m1/s1. The molecule has 0 aliphatic heterocycles. The molecule has 0 spiro atoms. The maximum absolute atomic E-state index is 12.9. The fourth-order valence-electron chi connectivity index (χ4n) is 9.64. The molecule has 0 unspecified atom stereocenters. The van der Waals surface area contributed by atoms with E-state index in [1.807, 2.05) is 0 Å². The Bertz CT molecular complexity index is 1420. The quantitative estimate of drug-likeness (QED) is 0.0261. The van der Waals surface area contributed by atoms with E-state index in [1.54, 1.807) is 0 Å². The third-order valence-corrected chi connectivity index (χ3v) is 14.7. The second-order valence-electron chi connectivity index (χ2n) is 22.4. The molecule has 0 heterocycles. The van der Waals surface area contributed by atoms with E-state index in [0.29, 0.717) is 19.3 Å². The van der Waals surface area contributed by atoms with E-state index in [2.05, 4.69) is 93.7 Å². The summed E-state index contributed by atoms with van der Waals surface area (Å²) in [6.45, 7) is 6.61. The van der Waals surface area contributed by atoms with Crippen LogP contribution in [0, 0.1) is 0 Å². The Kier molecular flexibility index (Phi) is 62.7. The molecule has 0 aliphatic rings. The molecule has 77 heavy (non-hydrogen) atoms. The van der Waals surface area contributed by atoms with Crippen molar-refractivity contribution in [3.8, 4) is 0 Å². The van der Waals surface area contributed by atoms with E-state index in [9.17, 15) is 14.4 Å². The molecule has 0 saturated carbocycles. The summed E-state index contributed by atoms with van der Waals surface area (Å²) in [5.74, 6) is -0.901. The van der Waals surface area contributed by atoms with Crippen molar-refractivity contribution in [1.82, 2.24) is 0 Å². The van der Waals surface area contributed by atoms with Crippen molar-refractivity contribution >= 4 is 17.9 Å². The Hall–Kier alpha value is -3.15. The fraction of sp³-hybridized carbons (Fsp3) is 0.789. The molecule has 0 fully saturated rings. The maximum Gasteiger partial charge on any atom is 0.306 e. The highest BCUT2D eigenvalue weighted by molar-refractivity contribution is 5.71. The Labute approximate surface area is 478 Å². The molecule has 0 aromatic carbocycles. The minimum absolute atomic E-state index is 0.0851. The SMILES string of the molecule is CCCCC/C=C\C/C=C\C/C=C\C/C=C\CCCCCC(=O)OC[C@H](COC(=O)CCCCCCCCCCC/C=C\C/C=C\CCCCC)OC(=O)CCCCCCCCCCCCCCCCCCCCCCC. The van der Waals surface area contributed by atoms with Gasteiger partial charge >= 0.3 is 17.9 Å². The molecule has 0 amide bonds. The molecule has 6 nitrogen and oxygen atoms in total. The number of carbonyl (C=O) groups excluding carboxylic acids is 3. The summed E-state index contributed by atoms with van der Waals surface area (Å²) in [5.41, 5.74) is 0. The molecule has 0 N–H and O–H groups in total. The van der Waals surface area contributed by atoms with Gasteiger partial charge in [-0.05, 0) is 96.3 Å². The average Bonchev–Trinajstić information content (AvgIpc) is 3.43. The lowest BCUT2D eigenvalue weighted by Gasteiger charge is -2.18. The smallest absolute Gasteiger partial charge is 0.306 e. The van der Waals surface area contributed by atoms with Crippen molar-refractivity contribution in [1.29, 1.82) is 0 Å². The lowest BCUT2D eigenvalue weighted by Crippen LogP contribution is -2.30. The molecular formula is C71H126O6. The molecule has 0 rings (SSSR count). The highest BCUT2D eigenvalue weighted by Crippen LogP contribution is 2.17. The monoisotopic (exact) mass is 1070 g/mol. The van der Waals surface area contributed by atoms with Gasteiger partial charge in [0.25, 0.3) is 0 Å². The second kappa shape index (κ2) is 65.4. The van der Waals surface area contributed by atoms with Crippen LogP contribution in [0.3, 0.4) is 0 Å². The van der Waals surface area contributed by atoms with E-state index in [1.165, 1.54) is 212 Å². The van der Waals surface area contributed by atoms with Crippen molar-refractivity contribution in [2.45, 2.75) is 348 Å². The Morgan fingerprint density at radius 2 is 0.468 bits per heavy atom. The predicted molar refractivity (Wildman–Crippen MR) is 335 cm³/mol. The van der Waals surface area contributed by atoms with Crippen molar-refractivity contribution in [2.24, 2.45) is 0 Å². The van der Waals surface area contributed by atoms with Gasteiger partial charge in [0.2, 0.25) is 0 Å². The predicted octanol–water partition coefficient (Wildman–Crippen LogP) is 22.9. The molecule has 0 bridgehead atoms. The van der Waals surface area contributed by atoms with Crippen LogP contribution in [0.1, 0.15) is 342 Å². The lowest BCUT2D eigenvalue weighted by atomic mass is 10.0. The van der Waals surface area contributed by atoms with Crippen molar-refractivity contribution < 1.29 is 28.6 Å². The van der Waals surface area contributed by atoms with Crippen LogP contribution in [-0.4, -0.2) is 37.2 Å². The fourth-order valence-corrected chi connectivity index (χ4v) is 9.64. The zero-order valence-electron chi connectivity index (χ0n) is 51.2. The molecular weight excluding hydrogens is 949 g/mol. The Morgan fingerprint density at radius 1 is 0.260 bits per heavy atom. The first-order chi connectivity index (χ1) is 38.0. The van der Waals surface area contributed by atoms with E-state index in [-0.39, 0.29) is 31.1 Å². The van der Waals surface area contributed by atoms with Crippen LogP contribution in [0.15, 0.2) is 72.9 Å². The summed E-state index contributed by atoms with van der Waals surface area (Å²) in [6, 6.07) is 0. The van der Waals surface area contributed by atoms with Crippen LogP contribution in [0.25, 0.3) is 0 Å². The van der Waals surface area contributed by atoms with Gasteiger partial charge in [0, 0.05) is 19.3 Å². The summed E-state index contributed by atoms with van der Waals surface area (Å²) in [4.78, 5) is 38.4. The molecule has 6 heteroatoms. The molecule has 0 aromatic rings. The van der Waals surface area contributed by atoms with Gasteiger partial charge in [-0.1, -0.05) is 299 Å². The largest absolute Gasteiger partial charge is 0.462 e. The normalized spacial score (nSPS) is 12.5. The minimum atomic E-state index is -0.791. The summed E-state index contributed by atoms with van der Waals surface area (Å²) in [7, 11) is 0. The number of allylic oxidation sites excluding steroid dienone is 12. The van der Waals surface area contributed by atoms with Crippen molar-refractivity contribution in [2.75, 3.05) is 13.2 Å². The molecule has 0 radical (unpaired) electrons. The van der Waals surface area contributed by atoms with E-state index in [4.69, 9.17) is 14.2 Å². The number of carbonyl (C=O) groups is 3. The third-order valence-electron chi connectivity index (χ3n) is 14.7. The molecule has 0 saturated heterocycles. The van der Waals surface area contributed by atoms with Crippen LogP contribution in [0.4, 0.5) is 0 Å². The van der Waals surface area contributed by atoms with Gasteiger partial charge in [0.05, 0.1) is 0 Å². The topological polar surface area (TPSA) is 78.9 Å². The highest BCUT2D eigenvalue weighted by Gasteiger charge is 2.19. The molecule has 0 aromatic heterocycles. The average molecular weight is 1080 g/mol. The number of rotatable bonds is 61. The summed E-state index contributed by atoms with van der Waals surface area (Å²) in [5, 5.41) is 0. The summed E-state index contributed by atoms with van der Waals surface area (Å²) >= 11 is 0. The van der Waals surface area contributed by atoms with Crippen molar-refractivity contribution in [3.05, 3.63) is 72.9 Å². The summed E-state index contributed by atoms with van der Waals surface area (Å²) in [6.07, 6.45) is 84.8. The van der Waals surface area contributed by atoms with Gasteiger partial charge < -0.3 is 14.2 Å². The van der Waals surface area contributed by atoms with Gasteiger partial charge in [-0.2, -0.15) is 0 Å². The Balaban J connectivity index is 4.40. The number of esters is 3. The van der Waals surface area contributed by atoms with Gasteiger partial charge in [0.1, 0.15) is 13.2 Å². The van der Waals surface area contributed by atoms with Gasteiger partial charge in [-0.15, -0.1) is 0 Å². The van der Waals surface area contributed by atoms with Gasteiger partial charge in [-0.3, -0.25) is 14.4 Å². The number of unbranched alkanes of at least 4 members (excludes halogenated alkanes) is 38. The first kappa shape index (κ1) is 73.8. The van der Waals surface area contributed by atoms with Crippen LogP contribution >= 0.6 is 0 Å². The van der Waals surface area contributed by atoms with Crippen LogP contribution in [-0.2, 0) is 28.6 Å². The van der Waals surface area contributed by atoms with Crippen LogP contribution in [0.5, 0.6) is 0 Å². The van der Waals surface area contributed by atoms with E-state index >= 15 is 0 Å². The third kappa shape index (κ3) is 63.6. The van der Waals surface area contributed by atoms with Gasteiger partial charge in [0.15, 0.2) is 6.10 Å². The van der Waals surface area contributed by atoms with Gasteiger partial charge in [-0.25, -0.2) is 0 Å². The first-order valence-electron chi connectivity index (χ1n) is 33.4.